The number of benzene rings is 1. The van der Waals surface area contributed by atoms with Crippen LogP contribution in [0, 0.1) is 6.92 Å². The Labute approximate surface area is 111 Å². The van der Waals surface area contributed by atoms with Gasteiger partial charge < -0.3 is 14.7 Å². The van der Waals surface area contributed by atoms with Crippen LogP contribution in [0.5, 0.6) is 0 Å². The van der Waals surface area contributed by atoms with E-state index in [4.69, 9.17) is 9.84 Å². The fraction of sp³-hybridized carbons (Fsp3) is 0.429. The van der Waals surface area contributed by atoms with Crippen molar-refractivity contribution in [2.45, 2.75) is 32.0 Å². The van der Waals surface area contributed by atoms with Crippen molar-refractivity contribution in [1.29, 1.82) is 0 Å². The number of amides is 1. The van der Waals surface area contributed by atoms with Crippen LogP contribution in [0.2, 0.25) is 0 Å². The second-order valence-corrected chi connectivity index (χ2v) is 4.76. The first-order chi connectivity index (χ1) is 8.99. The van der Waals surface area contributed by atoms with Crippen LogP contribution in [0.1, 0.15) is 18.4 Å². The molecule has 0 radical (unpaired) electrons. The number of carbonyl (C=O) groups is 2. The van der Waals surface area contributed by atoms with Crippen LogP contribution < -0.4 is 4.90 Å². The Morgan fingerprint density at radius 2 is 1.79 bits per heavy atom. The van der Waals surface area contributed by atoms with Gasteiger partial charge >= 0.3 is 5.97 Å². The lowest BCUT2D eigenvalue weighted by Gasteiger charge is -2.21. The highest BCUT2D eigenvalue weighted by molar-refractivity contribution is 5.96. The van der Waals surface area contributed by atoms with E-state index in [0.29, 0.717) is 12.8 Å². The van der Waals surface area contributed by atoms with Crippen molar-refractivity contribution in [2.75, 3.05) is 11.9 Å². The predicted octanol–water partition coefficient (Wildman–Crippen LogP) is 1.59. The number of hydrogen-bond donors (Lipinski definition) is 1. The molecule has 1 N–H and O–H groups in total. The maximum absolute atomic E-state index is 12.2. The molecule has 1 aromatic rings. The van der Waals surface area contributed by atoms with Crippen molar-refractivity contribution in [3.8, 4) is 0 Å². The molecule has 5 heteroatoms. The number of rotatable bonds is 3. The lowest BCUT2D eigenvalue weighted by molar-refractivity contribution is -0.151. The SMILES string of the molecule is Cc1ccc(N(C)C(=O)C2CCC(C(=O)O)O2)cc1. The van der Waals surface area contributed by atoms with Crippen LogP contribution in [0.3, 0.4) is 0 Å². The van der Waals surface area contributed by atoms with Crippen molar-refractivity contribution >= 4 is 17.6 Å². The second kappa shape index (κ2) is 5.40. The Hall–Kier alpha value is -1.88. The molecule has 1 amide bonds. The number of carboxylic acids is 1. The number of nitrogens with zero attached hydrogens (tertiary/aromatic N) is 1. The third-order valence-electron chi connectivity index (χ3n) is 3.32. The number of carbonyl (C=O) groups excluding carboxylic acids is 1. The summed E-state index contributed by atoms with van der Waals surface area (Å²) in [5.41, 5.74) is 1.89. The summed E-state index contributed by atoms with van der Waals surface area (Å²) in [7, 11) is 1.67. The summed E-state index contributed by atoms with van der Waals surface area (Å²) in [6.07, 6.45) is -0.688. The summed E-state index contributed by atoms with van der Waals surface area (Å²) in [5, 5.41) is 8.85. The minimum atomic E-state index is -1.01. The molecule has 2 unspecified atom stereocenters. The molecule has 19 heavy (non-hydrogen) atoms. The van der Waals surface area contributed by atoms with Gasteiger partial charge in [-0.2, -0.15) is 0 Å². The fourth-order valence-corrected chi connectivity index (χ4v) is 2.11. The molecule has 0 aromatic heterocycles. The van der Waals surface area contributed by atoms with Crippen LogP contribution in [0.15, 0.2) is 24.3 Å². The summed E-state index contributed by atoms with van der Waals surface area (Å²) in [6.45, 7) is 1.98. The minimum Gasteiger partial charge on any atom is -0.479 e. The molecule has 1 saturated heterocycles. The standard InChI is InChI=1S/C14H17NO4/c1-9-3-5-10(6-4-9)15(2)13(16)11-7-8-12(19-11)14(17)18/h3-6,11-12H,7-8H2,1-2H3,(H,17,18). The zero-order chi connectivity index (χ0) is 14.0. The van der Waals surface area contributed by atoms with Crippen molar-refractivity contribution in [3.05, 3.63) is 29.8 Å². The molecule has 1 aliphatic heterocycles. The Morgan fingerprint density at radius 3 is 2.32 bits per heavy atom. The normalized spacial score (nSPS) is 22.2. The molecule has 0 bridgehead atoms. The summed E-state index contributed by atoms with van der Waals surface area (Å²) < 4.78 is 5.26. The molecular weight excluding hydrogens is 246 g/mol. The Bertz CT molecular complexity index is 483. The van der Waals surface area contributed by atoms with E-state index in [-0.39, 0.29) is 5.91 Å². The summed E-state index contributed by atoms with van der Waals surface area (Å²) in [6, 6.07) is 7.57. The van der Waals surface area contributed by atoms with Gasteiger partial charge in [0.05, 0.1) is 0 Å². The van der Waals surface area contributed by atoms with Crippen LogP contribution in [-0.2, 0) is 14.3 Å². The van der Waals surface area contributed by atoms with E-state index in [1.807, 2.05) is 31.2 Å². The maximum atomic E-state index is 12.2. The number of hydrogen-bond acceptors (Lipinski definition) is 3. The summed E-state index contributed by atoms with van der Waals surface area (Å²) in [4.78, 5) is 24.5. The Morgan fingerprint density at radius 1 is 1.21 bits per heavy atom. The number of aryl methyl sites for hydroxylation is 1. The molecule has 102 valence electrons. The molecule has 0 spiro atoms. The van der Waals surface area contributed by atoms with Gasteiger partial charge in [-0.1, -0.05) is 17.7 Å². The molecule has 1 aliphatic rings. The molecule has 5 nitrogen and oxygen atoms in total. The number of carboxylic acid groups (broad SMARTS) is 1. The van der Waals surface area contributed by atoms with E-state index in [0.717, 1.165) is 11.3 Å². The summed E-state index contributed by atoms with van der Waals surface area (Å²) in [5.74, 6) is -1.21. The van der Waals surface area contributed by atoms with Crippen LogP contribution >= 0.6 is 0 Å². The quantitative estimate of drug-likeness (QED) is 0.899. The van der Waals surface area contributed by atoms with Gasteiger partial charge in [0.2, 0.25) is 0 Å². The molecule has 1 fully saturated rings. The molecule has 2 rings (SSSR count). The van der Waals surface area contributed by atoms with Gasteiger partial charge in [0, 0.05) is 12.7 Å². The molecule has 0 saturated carbocycles. The minimum absolute atomic E-state index is 0.201. The van der Waals surface area contributed by atoms with E-state index in [2.05, 4.69) is 0 Å². The number of ether oxygens (including phenoxy) is 1. The smallest absolute Gasteiger partial charge is 0.332 e. The highest BCUT2D eigenvalue weighted by Crippen LogP contribution is 2.23. The number of aliphatic carboxylic acids is 1. The summed E-state index contributed by atoms with van der Waals surface area (Å²) >= 11 is 0. The number of likely N-dealkylation sites (N-methyl/N-ethyl adjacent to an activating group) is 1. The number of anilines is 1. The van der Waals surface area contributed by atoms with Crippen LogP contribution in [0.25, 0.3) is 0 Å². The first-order valence-electron chi connectivity index (χ1n) is 6.21. The average molecular weight is 263 g/mol. The lowest BCUT2D eigenvalue weighted by atomic mass is 10.1. The zero-order valence-electron chi connectivity index (χ0n) is 11.0. The van der Waals surface area contributed by atoms with Gasteiger partial charge in [0.15, 0.2) is 6.10 Å². The molecule has 1 aromatic carbocycles. The van der Waals surface area contributed by atoms with Crippen molar-refractivity contribution < 1.29 is 19.4 Å². The molecule has 0 aliphatic carbocycles. The van der Waals surface area contributed by atoms with Crippen LogP contribution in [-0.4, -0.2) is 36.2 Å². The van der Waals surface area contributed by atoms with E-state index < -0.39 is 18.2 Å². The molecule has 2 atom stereocenters. The van der Waals surface area contributed by atoms with Gasteiger partial charge in [-0.3, -0.25) is 4.79 Å². The van der Waals surface area contributed by atoms with Crippen molar-refractivity contribution in [2.24, 2.45) is 0 Å². The monoisotopic (exact) mass is 263 g/mol. The van der Waals surface area contributed by atoms with Crippen molar-refractivity contribution in [3.63, 3.8) is 0 Å². The second-order valence-electron chi connectivity index (χ2n) is 4.76. The first kappa shape index (κ1) is 13.5. The zero-order valence-corrected chi connectivity index (χ0v) is 11.0. The van der Waals surface area contributed by atoms with Gasteiger partial charge in [-0.25, -0.2) is 4.79 Å². The Kier molecular flexibility index (Phi) is 3.85. The Balaban J connectivity index is 2.04. The fourth-order valence-electron chi connectivity index (χ4n) is 2.11. The van der Waals surface area contributed by atoms with Crippen molar-refractivity contribution in [1.82, 2.24) is 0 Å². The average Bonchev–Trinajstić information content (AvgIpc) is 2.87. The predicted molar refractivity (Wildman–Crippen MR) is 70.1 cm³/mol. The van der Waals surface area contributed by atoms with E-state index in [1.54, 1.807) is 7.05 Å². The van der Waals surface area contributed by atoms with Gasteiger partial charge in [0.25, 0.3) is 5.91 Å². The van der Waals surface area contributed by atoms with E-state index >= 15 is 0 Å². The van der Waals surface area contributed by atoms with Gasteiger partial charge in [-0.15, -0.1) is 0 Å². The first-order valence-corrected chi connectivity index (χ1v) is 6.21. The van der Waals surface area contributed by atoms with E-state index in [1.165, 1.54) is 4.90 Å². The van der Waals surface area contributed by atoms with Gasteiger partial charge in [-0.05, 0) is 31.9 Å². The maximum Gasteiger partial charge on any atom is 0.332 e. The highest BCUT2D eigenvalue weighted by atomic mass is 16.5. The van der Waals surface area contributed by atoms with Gasteiger partial charge in [0.1, 0.15) is 6.10 Å². The van der Waals surface area contributed by atoms with E-state index in [9.17, 15) is 9.59 Å². The van der Waals surface area contributed by atoms with Crippen LogP contribution in [0.4, 0.5) is 5.69 Å². The third-order valence-corrected chi connectivity index (χ3v) is 3.32. The third kappa shape index (κ3) is 2.93. The topological polar surface area (TPSA) is 66.8 Å². The molecule has 1 heterocycles. The largest absolute Gasteiger partial charge is 0.479 e. The lowest BCUT2D eigenvalue weighted by Crippen LogP contribution is -2.37. The highest BCUT2D eigenvalue weighted by Gasteiger charge is 2.36. The molecular formula is C14H17NO4.